The summed E-state index contributed by atoms with van der Waals surface area (Å²) in [6.07, 6.45) is 1.71. The maximum absolute atomic E-state index is 11.7. The lowest BCUT2D eigenvalue weighted by Gasteiger charge is -2.22. The Morgan fingerprint density at radius 3 is 2.35 bits per heavy atom. The van der Waals surface area contributed by atoms with Crippen LogP contribution in [0.1, 0.15) is 40.5 Å². The summed E-state index contributed by atoms with van der Waals surface area (Å²) in [4.78, 5) is 23.3. The Balaban J connectivity index is 4.04. The molecular formula is C14H28N2O4. The molecule has 6 nitrogen and oxygen atoms in total. The zero-order chi connectivity index (χ0) is 15.5. The molecule has 2 atom stereocenters. The minimum Gasteiger partial charge on any atom is -0.467 e. The highest BCUT2D eigenvalue weighted by molar-refractivity contribution is 5.83. The van der Waals surface area contributed by atoms with Gasteiger partial charge in [-0.15, -0.1) is 0 Å². The summed E-state index contributed by atoms with van der Waals surface area (Å²) in [5.41, 5.74) is 0. The summed E-state index contributed by atoms with van der Waals surface area (Å²) in [7, 11) is 1.32. The zero-order valence-electron chi connectivity index (χ0n) is 13.2. The van der Waals surface area contributed by atoms with Gasteiger partial charge in [-0.1, -0.05) is 20.3 Å². The number of amides is 2. The Morgan fingerprint density at radius 1 is 1.20 bits per heavy atom. The Kier molecular flexibility index (Phi) is 9.80. The van der Waals surface area contributed by atoms with Gasteiger partial charge < -0.3 is 20.1 Å². The van der Waals surface area contributed by atoms with E-state index in [9.17, 15) is 9.59 Å². The molecule has 2 N–H and O–H groups in total. The van der Waals surface area contributed by atoms with Crippen molar-refractivity contribution in [1.29, 1.82) is 0 Å². The molecular weight excluding hydrogens is 260 g/mol. The molecule has 0 rings (SSSR count). The third-order valence-corrected chi connectivity index (χ3v) is 3.01. The van der Waals surface area contributed by atoms with Crippen LogP contribution < -0.4 is 10.6 Å². The van der Waals surface area contributed by atoms with Gasteiger partial charge in [0, 0.05) is 13.2 Å². The van der Waals surface area contributed by atoms with E-state index in [-0.39, 0.29) is 18.1 Å². The lowest BCUT2D eigenvalue weighted by Crippen LogP contribution is -2.49. The van der Waals surface area contributed by atoms with Gasteiger partial charge in [0.1, 0.15) is 6.04 Å². The molecule has 0 radical (unpaired) electrons. The molecule has 0 aliphatic heterocycles. The quantitative estimate of drug-likeness (QED) is 0.500. The highest BCUT2D eigenvalue weighted by Gasteiger charge is 2.26. The third kappa shape index (κ3) is 7.99. The Hall–Kier alpha value is -1.30. The van der Waals surface area contributed by atoms with Gasteiger partial charge in [-0.3, -0.25) is 0 Å². The molecule has 118 valence electrons. The molecule has 0 bridgehead atoms. The number of rotatable bonds is 9. The van der Waals surface area contributed by atoms with Gasteiger partial charge in [-0.2, -0.15) is 0 Å². The molecule has 0 aromatic heterocycles. The van der Waals surface area contributed by atoms with Crippen molar-refractivity contribution in [2.24, 2.45) is 5.92 Å². The molecule has 0 spiro atoms. The van der Waals surface area contributed by atoms with Gasteiger partial charge in [0.15, 0.2) is 0 Å². The first-order chi connectivity index (χ1) is 9.42. The standard InChI is InChI=1S/C14H28N2O4/c1-6-11(4)12(13(17)19-5)16-14(18)15-8-7-9-20-10(2)3/h10-12H,6-9H2,1-5H3,(H2,15,16,18)/t11?,12-/m0/s1. The number of hydrogen-bond acceptors (Lipinski definition) is 4. The number of carbonyl (C=O) groups is 2. The van der Waals surface area contributed by atoms with Crippen LogP contribution >= 0.6 is 0 Å². The molecule has 0 heterocycles. The summed E-state index contributed by atoms with van der Waals surface area (Å²) in [5.74, 6) is -0.393. The van der Waals surface area contributed by atoms with Crippen molar-refractivity contribution in [3.05, 3.63) is 0 Å². The van der Waals surface area contributed by atoms with Crippen LogP contribution in [-0.4, -0.2) is 44.4 Å². The van der Waals surface area contributed by atoms with Gasteiger partial charge >= 0.3 is 12.0 Å². The monoisotopic (exact) mass is 288 g/mol. The van der Waals surface area contributed by atoms with Crippen molar-refractivity contribution in [3.8, 4) is 0 Å². The van der Waals surface area contributed by atoms with E-state index in [0.717, 1.165) is 12.8 Å². The molecule has 0 aliphatic rings. The van der Waals surface area contributed by atoms with E-state index in [1.165, 1.54) is 7.11 Å². The van der Waals surface area contributed by atoms with E-state index in [4.69, 9.17) is 9.47 Å². The first-order valence-electron chi connectivity index (χ1n) is 7.16. The number of urea groups is 1. The normalized spacial score (nSPS) is 13.7. The van der Waals surface area contributed by atoms with Crippen molar-refractivity contribution in [2.45, 2.75) is 52.7 Å². The van der Waals surface area contributed by atoms with E-state index in [2.05, 4.69) is 10.6 Å². The maximum atomic E-state index is 11.7. The fourth-order valence-corrected chi connectivity index (χ4v) is 1.58. The van der Waals surface area contributed by atoms with E-state index in [1.54, 1.807) is 0 Å². The SMILES string of the molecule is CCC(C)[C@H](NC(=O)NCCCOC(C)C)C(=O)OC. The summed E-state index contributed by atoms with van der Waals surface area (Å²) in [6.45, 7) is 8.90. The summed E-state index contributed by atoms with van der Waals surface area (Å²) < 4.78 is 10.1. The van der Waals surface area contributed by atoms with Crippen LogP contribution in [0.2, 0.25) is 0 Å². The number of carbonyl (C=O) groups excluding carboxylic acids is 2. The average molecular weight is 288 g/mol. The van der Waals surface area contributed by atoms with E-state index < -0.39 is 12.0 Å². The van der Waals surface area contributed by atoms with Crippen molar-refractivity contribution >= 4 is 12.0 Å². The first-order valence-corrected chi connectivity index (χ1v) is 7.16. The van der Waals surface area contributed by atoms with Gasteiger partial charge in [-0.25, -0.2) is 9.59 Å². The van der Waals surface area contributed by atoms with Gasteiger partial charge in [-0.05, 0) is 26.2 Å². The number of hydrogen-bond donors (Lipinski definition) is 2. The van der Waals surface area contributed by atoms with Gasteiger partial charge in [0.2, 0.25) is 0 Å². The van der Waals surface area contributed by atoms with Crippen molar-refractivity contribution < 1.29 is 19.1 Å². The molecule has 0 aromatic rings. The molecule has 1 unspecified atom stereocenters. The van der Waals surface area contributed by atoms with Gasteiger partial charge in [0.25, 0.3) is 0 Å². The Bertz CT molecular complexity index is 295. The largest absolute Gasteiger partial charge is 0.467 e. The van der Waals surface area contributed by atoms with Crippen LogP contribution in [-0.2, 0) is 14.3 Å². The smallest absolute Gasteiger partial charge is 0.328 e. The van der Waals surface area contributed by atoms with Crippen LogP contribution in [0.4, 0.5) is 4.79 Å². The first kappa shape index (κ1) is 18.7. The second-order valence-electron chi connectivity index (χ2n) is 5.06. The molecule has 0 saturated carbocycles. The van der Waals surface area contributed by atoms with Crippen LogP contribution in [0.5, 0.6) is 0 Å². The van der Waals surface area contributed by atoms with Crippen molar-refractivity contribution in [3.63, 3.8) is 0 Å². The Labute approximate surface area is 121 Å². The van der Waals surface area contributed by atoms with Gasteiger partial charge in [0.05, 0.1) is 13.2 Å². The van der Waals surface area contributed by atoms with Crippen LogP contribution in [0.3, 0.4) is 0 Å². The zero-order valence-corrected chi connectivity index (χ0v) is 13.2. The summed E-state index contributed by atoms with van der Waals surface area (Å²) in [5, 5.41) is 5.36. The number of ether oxygens (including phenoxy) is 2. The lowest BCUT2D eigenvalue weighted by atomic mass is 9.99. The van der Waals surface area contributed by atoms with E-state index in [1.807, 2.05) is 27.7 Å². The van der Waals surface area contributed by atoms with Crippen molar-refractivity contribution in [1.82, 2.24) is 10.6 Å². The highest BCUT2D eigenvalue weighted by atomic mass is 16.5. The maximum Gasteiger partial charge on any atom is 0.328 e. The topological polar surface area (TPSA) is 76.7 Å². The molecule has 2 amide bonds. The molecule has 0 fully saturated rings. The molecule has 20 heavy (non-hydrogen) atoms. The van der Waals surface area contributed by atoms with E-state index in [0.29, 0.717) is 13.2 Å². The average Bonchev–Trinajstić information content (AvgIpc) is 2.42. The van der Waals surface area contributed by atoms with Crippen LogP contribution in [0.25, 0.3) is 0 Å². The number of methoxy groups -OCH3 is 1. The fraction of sp³-hybridized carbons (Fsp3) is 0.857. The fourth-order valence-electron chi connectivity index (χ4n) is 1.58. The second-order valence-corrected chi connectivity index (χ2v) is 5.06. The van der Waals surface area contributed by atoms with Crippen LogP contribution in [0.15, 0.2) is 0 Å². The second kappa shape index (κ2) is 10.5. The molecule has 6 heteroatoms. The predicted molar refractivity (Wildman–Crippen MR) is 77.5 cm³/mol. The number of esters is 1. The minimum atomic E-state index is -0.614. The minimum absolute atomic E-state index is 0.0254. The number of nitrogens with one attached hydrogen (secondary N) is 2. The van der Waals surface area contributed by atoms with E-state index >= 15 is 0 Å². The molecule has 0 saturated heterocycles. The Morgan fingerprint density at radius 2 is 1.85 bits per heavy atom. The molecule has 0 aliphatic carbocycles. The summed E-state index contributed by atoms with van der Waals surface area (Å²) >= 11 is 0. The predicted octanol–water partition coefficient (Wildman–Crippen LogP) is 1.69. The highest BCUT2D eigenvalue weighted by Crippen LogP contribution is 2.08. The molecule has 0 aromatic carbocycles. The third-order valence-electron chi connectivity index (χ3n) is 3.01. The summed E-state index contributed by atoms with van der Waals surface area (Å²) in [6, 6.07) is -0.970. The van der Waals surface area contributed by atoms with Crippen molar-refractivity contribution in [2.75, 3.05) is 20.3 Å². The lowest BCUT2D eigenvalue weighted by molar-refractivity contribution is -0.144. The van der Waals surface area contributed by atoms with Crippen LogP contribution in [0, 0.1) is 5.92 Å².